The van der Waals surface area contributed by atoms with E-state index in [4.69, 9.17) is 9.26 Å². The highest BCUT2D eigenvalue weighted by Gasteiger charge is 2.27. The quantitative estimate of drug-likeness (QED) is 0.510. The molecule has 166 valence electrons. The Labute approximate surface area is 194 Å². The third-order valence-corrected chi connectivity index (χ3v) is 5.85. The van der Waals surface area contributed by atoms with E-state index in [0.717, 1.165) is 29.4 Å². The maximum Gasteiger partial charge on any atom is 0.337 e. The molecule has 1 aliphatic heterocycles. The van der Waals surface area contributed by atoms with Gasteiger partial charge in [0.1, 0.15) is 0 Å². The number of nitrogens with one attached hydrogen (secondary N) is 1. The molecule has 0 aliphatic carbocycles. The standard InChI is InChI=1S/C23H23BrN4O4/c1-31-23(30)15-7-9-19(10-8-15)25-22(29)17-5-3-11-28(13-17)14-20-26-21(27-32-20)16-4-2-6-18(24)12-16/h2,4,6-10,12,17H,3,5,11,13-14H2,1H3,(H,25,29). The summed E-state index contributed by atoms with van der Waals surface area (Å²) in [6, 6.07) is 14.4. The van der Waals surface area contributed by atoms with Crippen LogP contribution in [-0.4, -0.2) is 47.1 Å². The molecule has 2 aromatic carbocycles. The molecule has 1 N–H and O–H groups in total. The van der Waals surface area contributed by atoms with Crippen molar-refractivity contribution in [1.29, 1.82) is 0 Å². The number of carbonyl (C=O) groups excluding carboxylic acids is 2. The van der Waals surface area contributed by atoms with Crippen LogP contribution in [0.5, 0.6) is 0 Å². The number of methoxy groups -OCH3 is 1. The fourth-order valence-electron chi connectivity index (χ4n) is 3.72. The van der Waals surface area contributed by atoms with E-state index in [1.165, 1.54) is 7.11 Å². The number of anilines is 1. The number of rotatable bonds is 6. The lowest BCUT2D eigenvalue weighted by molar-refractivity contribution is -0.121. The van der Waals surface area contributed by atoms with Crippen molar-refractivity contribution in [3.8, 4) is 11.4 Å². The van der Waals surface area contributed by atoms with Crippen LogP contribution in [0.4, 0.5) is 5.69 Å². The molecule has 3 aromatic rings. The minimum absolute atomic E-state index is 0.0409. The Balaban J connectivity index is 1.34. The second-order valence-corrected chi connectivity index (χ2v) is 8.57. The summed E-state index contributed by atoms with van der Waals surface area (Å²) in [5, 5.41) is 7.02. The molecule has 0 bridgehead atoms. The summed E-state index contributed by atoms with van der Waals surface area (Å²) in [6.07, 6.45) is 1.72. The second-order valence-electron chi connectivity index (χ2n) is 7.65. The normalized spacial score (nSPS) is 16.5. The number of carbonyl (C=O) groups is 2. The zero-order valence-electron chi connectivity index (χ0n) is 17.6. The van der Waals surface area contributed by atoms with Gasteiger partial charge in [0.15, 0.2) is 0 Å². The number of amides is 1. The summed E-state index contributed by atoms with van der Waals surface area (Å²) in [5.41, 5.74) is 1.97. The van der Waals surface area contributed by atoms with E-state index >= 15 is 0 Å². The van der Waals surface area contributed by atoms with Crippen molar-refractivity contribution < 1.29 is 18.8 Å². The highest BCUT2D eigenvalue weighted by molar-refractivity contribution is 9.10. The first-order valence-electron chi connectivity index (χ1n) is 10.3. The minimum Gasteiger partial charge on any atom is -0.465 e. The molecule has 9 heteroatoms. The molecule has 1 fully saturated rings. The predicted molar refractivity (Wildman–Crippen MR) is 122 cm³/mol. The van der Waals surface area contributed by atoms with Crippen LogP contribution >= 0.6 is 15.9 Å². The number of hydrogen-bond acceptors (Lipinski definition) is 7. The molecule has 0 saturated carbocycles. The van der Waals surface area contributed by atoms with Gasteiger partial charge >= 0.3 is 5.97 Å². The van der Waals surface area contributed by atoms with Crippen LogP contribution in [0.25, 0.3) is 11.4 Å². The van der Waals surface area contributed by atoms with Gasteiger partial charge < -0.3 is 14.6 Å². The number of esters is 1. The summed E-state index contributed by atoms with van der Waals surface area (Å²) in [6.45, 7) is 1.98. The van der Waals surface area contributed by atoms with E-state index in [-0.39, 0.29) is 11.8 Å². The minimum atomic E-state index is -0.408. The molecule has 1 aliphatic rings. The van der Waals surface area contributed by atoms with Crippen LogP contribution in [0.3, 0.4) is 0 Å². The zero-order valence-corrected chi connectivity index (χ0v) is 19.2. The number of hydrogen-bond donors (Lipinski definition) is 1. The number of likely N-dealkylation sites (tertiary alicyclic amines) is 1. The van der Waals surface area contributed by atoms with Crippen LogP contribution in [-0.2, 0) is 16.1 Å². The molecule has 0 radical (unpaired) electrons. The third kappa shape index (κ3) is 5.41. The number of benzene rings is 2. The van der Waals surface area contributed by atoms with Gasteiger partial charge in [0, 0.05) is 22.3 Å². The Kier molecular flexibility index (Phi) is 6.96. The van der Waals surface area contributed by atoms with Gasteiger partial charge in [-0.3, -0.25) is 9.69 Å². The highest BCUT2D eigenvalue weighted by atomic mass is 79.9. The largest absolute Gasteiger partial charge is 0.465 e. The van der Waals surface area contributed by atoms with E-state index in [9.17, 15) is 9.59 Å². The van der Waals surface area contributed by atoms with Gasteiger partial charge in [0.2, 0.25) is 17.6 Å². The molecule has 4 rings (SSSR count). The molecular formula is C23H23BrN4O4. The van der Waals surface area contributed by atoms with Gasteiger partial charge in [-0.25, -0.2) is 4.79 Å². The van der Waals surface area contributed by atoms with Crippen LogP contribution in [0.1, 0.15) is 29.1 Å². The van der Waals surface area contributed by atoms with Gasteiger partial charge in [0.25, 0.3) is 0 Å². The third-order valence-electron chi connectivity index (χ3n) is 5.36. The van der Waals surface area contributed by atoms with Crippen molar-refractivity contribution in [2.24, 2.45) is 5.92 Å². The van der Waals surface area contributed by atoms with Gasteiger partial charge in [-0.05, 0) is 55.8 Å². The van der Waals surface area contributed by atoms with Crippen LogP contribution in [0.15, 0.2) is 57.5 Å². The lowest BCUT2D eigenvalue weighted by Crippen LogP contribution is -2.40. The molecule has 1 atom stereocenters. The number of halogens is 1. The van der Waals surface area contributed by atoms with Crippen LogP contribution < -0.4 is 5.32 Å². The molecule has 2 heterocycles. The van der Waals surface area contributed by atoms with Crippen molar-refractivity contribution in [2.45, 2.75) is 19.4 Å². The van der Waals surface area contributed by atoms with Crippen molar-refractivity contribution >= 4 is 33.5 Å². The maximum atomic E-state index is 12.8. The smallest absolute Gasteiger partial charge is 0.337 e. The average Bonchev–Trinajstić information content (AvgIpc) is 3.28. The summed E-state index contributed by atoms with van der Waals surface area (Å²) < 4.78 is 11.1. The highest BCUT2D eigenvalue weighted by Crippen LogP contribution is 2.23. The molecule has 1 unspecified atom stereocenters. The number of aromatic nitrogens is 2. The average molecular weight is 499 g/mol. The van der Waals surface area contributed by atoms with Gasteiger partial charge in [0.05, 0.1) is 25.1 Å². The monoisotopic (exact) mass is 498 g/mol. The molecule has 1 aromatic heterocycles. The molecule has 1 saturated heterocycles. The first-order chi connectivity index (χ1) is 15.5. The van der Waals surface area contributed by atoms with Gasteiger partial charge in [-0.1, -0.05) is 33.2 Å². The molecule has 1 amide bonds. The number of ether oxygens (including phenoxy) is 1. The van der Waals surface area contributed by atoms with Crippen LogP contribution in [0.2, 0.25) is 0 Å². The summed E-state index contributed by atoms with van der Waals surface area (Å²) in [4.78, 5) is 31.0. The first kappa shape index (κ1) is 22.2. The maximum absolute atomic E-state index is 12.8. The molecule has 0 spiro atoms. The van der Waals surface area contributed by atoms with E-state index in [1.807, 2.05) is 24.3 Å². The Morgan fingerprint density at radius 2 is 2.06 bits per heavy atom. The summed E-state index contributed by atoms with van der Waals surface area (Å²) in [7, 11) is 1.34. The Bertz CT molecular complexity index is 1100. The molecule has 8 nitrogen and oxygen atoms in total. The lowest BCUT2D eigenvalue weighted by Gasteiger charge is -2.30. The number of nitrogens with zero attached hydrogens (tertiary/aromatic N) is 3. The van der Waals surface area contributed by atoms with Crippen molar-refractivity contribution in [2.75, 3.05) is 25.5 Å². The van der Waals surface area contributed by atoms with E-state index in [1.54, 1.807) is 24.3 Å². The zero-order chi connectivity index (χ0) is 22.5. The Morgan fingerprint density at radius 1 is 1.25 bits per heavy atom. The SMILES string of the molecule is COC(=O)c1ccc(NC(=O)C2CCCN(Cc3nc(-c4cccc(Br)c4)no3)C2)cc1. The van der Waals surface area contributed by atoms with Crippen LogP contribution in [0, 0.1) is 5.92 Å². The predicted octanol–water partition coefficient (Wildman–Crippen LogP) is 4.14. The fraction of sp³-hybridized carbons (Fsp3) is 0.304. The Morgan fingerprint density at radius 3 is 2.81 bits per heavy atom. The van der Waals surface area contributed by atoms with Gasteiger partial charge in [-0.15, -0.1) is 0 Å². The van der Waals surface area contributed by atoms with Gasteiger partial charge in [-0.2, -0.15) is 4.98 Å². The van der Waals surface area contributed by atoms with E-state index in [2.05, 4.69) is 36.3 Å². The summed E-state index contributed by atoms with van der Waals surface area (Å²) in [5.74, 6) is 0.481. The van der Waals surface area contributed by atoms with E-state index < -0.39 is 5.97 Å². The summed E-state index contributed by atoms with van der Waals surface area (Å²) >= 11 is 3.45. The topological polar surface area (TPSA) is 97.6 Å². The fourth-order valence-corrected chi connectivity index (χ4v) is 4.12. The van der Waals surface area contributed by atoms with Crippen molar-refractivity contribution in [3.63, 3.8) is 0 Å². The Hall–Kier alpha value is -3.04. The molecule has 32 heavy (non-hydrogen) atoms. The first-order valence-corrected chi connectivity index (χ1v) is 11.1. The lowest BCUT2D eigenvalue weighted by atomic mass is 9.97. The van der Waals surface area contributed by atoms with E-state index in [0.29, 0.717) is 36.1 Å². The second kappa shape index (κ2) is 10.1. The van der Waals surface area contributed by atoms with Crippen molar-refractivity contribution in [1.82, 2.24) is 15.0 Å². The molecular weight excluding hydrogens is 476 g/mol. The number of piperidine rings is 1. The van der Waals surface area contributed by atoms with Crippen molar-refractivity contribution in [3.05, 3.63) is 64.5 Å².